The third kappa shape index (κ3) is 3.68. The molecule has 0 radical (unpaired) electrons. The summed E-state index contributed by atoms with van der Waals surface area (Å²) >= 11 is 5.48. The van der Waals surface area contributed by atoms with Crippen molar-refractivity contribution in [1.29, 1.82) is 0 Å². The van der Waals surface area contributed by atoms with Gasteiger partial charge >= 0.3 is 0 Å². The normalized spacial score (nSPS) is 12.8. The minimum absolute atomic E-state index is 0.453. The van der Waals surface area contributed by atoms with Crippen LogP contribution in [0.4, 0.5) is 0 Å². The zero-order valence-corrected chi connectivity index (χ0v) is 14.0. The lowest BCUT2D eigenvalue weighted by Crippen LogP contribution is -2.33. The van der Waals surface area contributed by atoms with E-state index < -0.39 is 0 Å². The maximum Gasteiger partial charge on any atom is 0.0738 e. The van der Waals surface area contributed by atoms with Crippen molar-refractivity contribution in [3.63, 3.8) is 0 Å². The molecule has 3 nitrogen and oxygen atoms in total. The molecule has 0 spiro atoms. The molecule has 1 N–H and O–H groups in total. The van der Waals surface area contributed by atoms with E-state index in [1.54, 1.807) is 0 Å². The summed E-state index contributed by atoms with van der Waals surface area (Å²) in [5.74, 6) is 0. The minimum Gasteiger partial charge on any atom is -0.314 e. The molecule has 5 heteroatoms. The fourth-order valence-electron chi connectivity index (χ4n) is 2.31. The highest BCUT2D eigenvalue weighted by Crippen LogP contribution is 2.22. The molecule has 2 rings (SSSR count). The number of likely N-dealkylation sites (N-methyl/N-ethyl adjacent to an activating group) is 1. The van der Waals surface area contributed by atoms with Gasteiger partial charge < -0.3 is 5.32 Å². The number of rotatable bonds is 6. The molecule has 0 aliphatic carbocycles. The van der Waals surface area contributed by atoms with Crippen molar-refractivity contribution in [2.45, 2.75) is 32.7 Å². The van der Waals surface area contributed by atoms with Gasteiger partial charge in [-0.2, -0.15) is 5.10 Å². The molecule has 0 amide bonds. The number of nitrogens with one attached hydrogen (secondary N) is 1. The fourth-order valence-corrected chi connectivity index (χ4v) is 3.60. The SMILES string of the molecule is CCNC(Cc1cccs1)Cc1c(Br)c(C)nn1C. The second-order valence-electron chi connectivity index (χ2n) is 4.71. The van der Waals surface area contributed by atoms with E-state index >= 15 is 0 Å². The molecule has 1 unspecified atom stereocenters. The van der Waals surface area contributed by atoms with E-state index in [1.807, 2.05) is 30.0 Å². The van der Waals surface area contributed by atoms with E-state index in [-0.39, 0.29) is 0 Å². The number of halogens is 1. The first-order valence-corrected chi connectivity index (χ1v) is 8.22. The van der Waals surface area contributed by atoms with Gasteiger partial charge in [-0.3, -0.25) is 4.68 Å². The summed E-state index contributed by atoms with van der Waals surface area (Å²) in [4.78, 5) is 1.43. The highest BCUT2D eigenvalue weighted by Gasteiger charge is 2.17. The summed E-state index contributed by atoms with van der Waals surface area (Å²) in [5.41, 5.74) is 2.32. The van der Waals surface area contributed by atoms with Crippen LogP contribution in [0.2, 0.25) is 0 Å². The van der Waals surface area contributed by atoms with E-state index in [9.17, 15) is 0 Å². The van der Waals surface area contributed by atoms with Gasteiger partial charge in [-0.25, -0.2) is 0 Å². The fraction of sp³-hybridized carbons (Fsp3) is 0.500. The van der Waals surface area contributed by atoms with Crippen LogP contribution in [0.25, 0.3) is 0 Å². The standard InChI is InChI=1S/C14H20BrN3S/c1-4-16-11(8-12-6-5-7-19-12)9-13-14(15)10(2)17-18(13)3/h5-7,11,16H,4,8-9H2,1-3H3. The van der Waals surface area contributed by atoms with Crippen LogP contribution in [0.3, 0.4) is 0 Å². The Hall–Kier alpha value is -0.650. The first kappa shape index (κ1) is 14.8. The van der Waals surface area contributed by atoms with E-state index in [1.165, 1.54) is 10.6 Å². The molecule has 0 aromatic carbocycles. The van der Waals surface area contributed by atoms with Gasteiger partial charge in [0.1, 0.15) is 0 Å². The zero-order chi connectivity index (χ0) is 13.8. The van der Waals surface area contributed by atoms with E-state index in [0.717, 1.165) is 29.6 Å². The minimum atomic E-state index is 0.453. The van der Waals surface area contributed by atoms with Gasteiger partial charge in [0.2, 0.25) is 0 Å². The molecule has 2 aromatic rings. The van der Waals surface area contributed by atoms with Crippen LogP contribution in [-0.2, 0) is 19.9 Å². The summed E-state index contributed by atoms with van der Waals surface area (Å²) in [5, 5.41) is 10.2. The van der Waals surface area contributed by atoms with Crippen molar-refractivity contribution in [2.75, 3.05) is 6.54 Å². The highest BCUT2D eigenvalue weighted by atomic mass is 79.9. The lowest BCUT2D eigenvalue weighted by molar-refractivity contribution is 0.506. The molecular formula is C14H20BrN3S. The van der Waals surface area contributed by atoms with Gasteiger partial charge in [-0.1, -0.05) is 13.0 Å². The van der Waals surface area contributed by atoms with Crippen LogP contribution in [0.1, 0.15) is 23.2 Å². The van der Waals surface area contributed by atoms with Gasteiger partial charge in [0, 0.05) is 24.4 Å². The van der Waals surface area contributed by atoms with Crippen LogP contribution in [0.5, 0.6) is 0 Å². The summed E-state index contributed by atoms with van der Waals surface area (Å²) in [6.45, 7) is 5.19. The molecule has 1 atom stereocenters. The predicted molar refractivity (Wildman–Crippen MR) is 84.8 cm³/mol. The molecule has 0 saturated heterocycles. The Labute approximate surface area is 127 Å². The van der Waals surface area contributed by atoms with Gasteiger partial charge in [-0.05, 0) is 47.3 Å². The van der Waals surface area contributed by atoms with Crippen molar-refractivity contribution in [1.82, 2.24) is 15.1 Å². The van der Waals surface area contributed by atoms with Crippen molar-refractivity contribution in [3.8, 4) is 0 Å². The topological polar surface area (TPSA) is 29.9 Å². The first-order chi connectivity index (χ1) is 9.11. The molecule has 0 fully saturated rings. The van der Waals surface area contributed by atoms with Crippen LogP contribution < -0.4 is 5.32 Å². The smallest absolute Gasteiger partial charge is 0.0738 e. The quantitative estimate of drug-likeness (QED) is 0.873. The maximum atomic E-state index is 4.47. The Morgan fingerprint density at radius 2 is 2.26 bits per heavy atom. The number of thiophene rings is 1. The molecule has 2 heterocycles. The average Bonchev–Trinajstić information content (AvgIpc) is 2.94. The monoisotopic (exact) mass is 341 g/mol. The molecule has 0 aliphatic heterocycles. The van der Waals surface area contributed by atoms with E-state index in [0.29, 0.717) is 6.04 Å². The number of nitrogens with zero attached hydrogens (tertiary/aromatic N) is 2. The van der Waals surface area contributed by atoms with Crippen LogP contribution >= 0.6 is 27.3 Å². The van der Waals surface area contributed by atoms with E-state index in [4.69, 9.17) is 0 Å². The Morgan fingerprint density at radius 1 is 1.47 bits per heavy atom. The Kier molecular flexibility index (Phi) is 5.19. The maximum absolute atomic E-state index is 4.47. The number of hydrogen-bond acceptors (Lipinski definition) is 3. The van der Waals surface area contributed by atoms with Gasteiger partial charge in [0.15, 0.2) is 0 Å². The van der Waals surface area contributed by atoms with Crippen LogP contribution in [-0.4, -0.2) is 22.4 Å². The Bertz CT molecular complexity index is 519. The van der Waals surface area contributed by atoms with Gasteiger partial charge in [0.25, 0.3) is 0 Å². The third-order valence-electron chi connectivity index (χ3n) is 3.22. The zero-order valence-electron chi connectivity index (χ0n) is 11.6. The van der Waals surface area contributed by atoms with E-state index in [2.05, 4.69) is 50.8 Å². The number of hydrogen-bond donors (Lipinski definition) is 1. The van der Waals surface area contributed by atoms with Gasteiger partial charge in [-0.15, -0.1) is 11.3 Å². The van der Waals surface area contributed by atoms with Crippen LogP contribution in [0, 0.1) is 6.92 Å². The number of aromatic nitrogens is 2. The van der Waals surface area contributed by atoms with Crippen molar-refractivity contribution < 1.29 is 0 Å². The van der Waals surface area contributed by atoms with Crippen molar-refractivity contribution in [3.05, 3.63) is 38.3 Å². The molecule has 104 valence electrons. The molecular weight excluding hydrogens is 322 g/mol. The summed E-state index contributed by atoms with van der Waals surface area (Å²) in [6.07, 6.45) is 2.06. The second-order valence-corrected chi connectivity index (χ2v) is 6.54. The molecule has 19 heavy (non-hydrogen) atoms. The lowest BCUT2D eigenvalue weighted by atomic mass is 10.1. The largest absolute Gasteiger partial charge is 0.314 e. The molecule has 0 aliphatic rings. The molecule has 0 saturated carbocycles. The van der Waals surface area contributed by atoms with Gasteiger partial charge in [0.05, 0.1) is 15.9 Å². The predicted octanol–water partition coefficient (Wildman–Crippen LogP) is 3.32. The second kappa shape index (κ2) is 6.68. The number of aryl methyl sites for hydroxylation is 2. The summed E-state index contributed by atoms with van der Waals surface area (Å²) < 4.78 is 3.13. The Morgan fingerprint density at radius 3 is 2.79 bits per heavy atom. The first-order valence-electron chi connectivity index (χ1n) is 6.55. The summed E-state index contributed by atoms with van der Waals surface area (Å²) in [6, 6.07) is 4.78. The summed E-state index contributed by atoms with van der Waals surface area (Å²) in [7, 11) is 2.02. The molecule has 0 bridgehead atoms. The Balaban J connectivity index is 2.11. The average molecular weight is 342 g/mol. The van der Waals surface area contributed by atoms with Crippen molar-refractivity contribution >= 4 is 27.3 Å². The van der Waals surface area contributed by atoms with Crippen molar-refractivity contribution in [2.24, 2.45) is 7.05 Å². The lowest BCUT2D eigenvalue weighted by Gasteiger charge is -2.17. The molecule has 2 aromatic heterocycles. The van der Waals surface area contributed by atoms with Crippen LogP contribution in [0.15, 0.2) is 22.0 Å². The highest BCUT2D eigenvalue weighted by molar-refractivity contribution is 9.10. The third-order valence-corrected chi connectivity index (χ3v) is 5.15.